The Morgan fingerprint density at radius 2 is 2.21 bits per heavy atom. The van der Waals surface area contributed by atoms with Gasteiger partial charge in [-0.1, -0.05) is 32.8 Å². The van der Waals surface area contributed by atoms with E-state index in [1.165, 1.54) is 25.7 Å². The van der Waals surface area contributed by atoms with Gasteiger partial charge in [-0.3, -0.25) is 0 Å². The summed E-state index contributed by atoms with van der Waals surface area (Å²) in [4.78, 5) is 0. The fourth-order valence-corrected chi connectivity index (χ4v) is 2.83. The normalized spacial score (nSPS) is 28.4. The van der Waals surface area contributed by atoms with Crippen LogP contribution in [0.2, 0.25) is 0 Å². The van der Waals surface area contributed by atoms with E-state index in [2.05, 4.69) is 20.4 Å². The summed E-state index contributed by atoms with van der Waals surface area (Å²) in [6.07, 6.45) is 9.58. The van der Waals surface area contributed by atoms with Crippen LogP contribution in [0.15, 0.2) is 12.7 Å². The Morgan fingerprint density at radius 3 is 2.79 bits per heavy atom. The van der Waals surface area contributed by atoms with E-state index in [0.29, 0.717) is 11.5 Å². The van der Waals surface area contributed by atoms with E-state index in [9.17, 15) is 0 Å². The van der Waals surface area contributed by atoms with Gasteiger partial charge in [0.2, 0.25) is 0 Å². The van der Waals surface area contributed by atoms with Crippen LogP contribution in [0.3, 0.4) is 0 Å². The van der Waals surface area contributed by atoms with Crippen molar-refractivity contribution < 1.29 is 0 Å². The Hall–Kier alpha value is -0.300. The molecule has 1 aliphatic carbocycles. The predicted octanol–water partition coefficient (Wildman–Crippen LogP) is 3.50. The van der Waals surface area contributed by atoms with Gasteiger partial charge in [-0.15, -0.1) is 6.58 Å². The van der Waals surface area contributed by atoms with Gasteiger partial charge in [-0.2, -0.15) is 0 Å². The Kier molecular flexibility index (Phi) is 4.18. The van der Waals surface area contributed by atoms with Crippen LogP contribution in [0.1, 0.15) is 52.4 Å². The first kappa shape index (κ1) is 11.8. The number of nitrogens with two attached hydrogens (primary N) is 1. The average Bonchev–Trinajstić information content (AvgIpc) is 2.13. The summed E-state index contributed by atoms with van der Waals surface area (Å²) in [5.41, 5.74) is 6.72. The fourth-order valence-electron chi connectivity index (χ4n) is 2.83. The highest BCUT2D eigenvalue weighted by molar-refractivity contribution is 4.89. The van der Waals surface area contributed by atoms with Gasteiger partial charge >= 0.3 is 0 Å². The van der Waals surface area contributed by atoms with Crippen molar-refractivity contribution in [3.8, 4) is 0 Å². The molecule has 2 N–H and O–H groups in total. The molecule has 0 bridgehead atoms. The molecular weight excluding hydrogens is 170 g/mol. The first-order chi connectivity index (χ1) is 6.58. The smallest absolute Gasteiger partial charge is 0.00752 e. The number of hydrogen-bond acceptors (Lipinski definition) is 1. The number of hydrogen-bond donors (Lipinski definition) is 1. The average molecular weight is 195 g/mol. The van der Waals surface area contributed by atoms with Crippen molar-refractivity contribution in [2.75, 3.05) is 0 Å². The first-order valence-corrected chi connectivity index (χ1v) is 5.94. The van der Waals surface area contributed by atoms with Crippen molar-refractivity contribution >= 4 is 0 Å². The van der Waals surface area contributed by atoms with Gasteiger partial charge < -0.3 is 5.73 Å². The molecule has 2 atom stereocenters. The minimum Gasteiger partial charge on any atom is -0.327 e. The van der Waals surface area contributed by atoms with E-state index in [0.717, 1.165) is 18.8 Å². The van der Waals surface area contributed by atoms with Gasteiger partial charge in [0.15, 0.2) is 0 Å². The SMILES string of the molecule is C=CCCC(N)C1CCCCC1(C)C. The van der Waals surface area contributed by atoms with Crippen LogP contribution >= 0.6 is 0 Å². The van der Waals surface area contributed by atoms with Crippen molar-refractivity contribution in [1.29, 1.82) is 0 Å². The van der Waals surface area contributed by atoms with E-state index in [1.54, 1.807) is 0 Å². The van der Waals surface area contributed by atoms with Crippen LogP contribution in [0.25, 0.3) is 0 Å². The second kappa shape index (κ2) is 4.97. The summed E-state index contributed by atoms with van der Waals surface area (Å²) in [6.45, 7) is 8.52. The molecule has 1 aliphatic rings. The molecular formula is C13H25N. The molecule has 82 valence electrons. The van der Waals surface area contributed by atoms with E-state index in [-0.39, 0.29) is 0 Å². The monoisotopic (exact) mass is 195 g/mol. The second-order valence-electron chi connectivity index (χ2n) is 5.37. The van der Waals surface area contributed by atoms with Gasteiger partial charge in [-0.25, -0.2) is 0 Å². The molecule has 0 radical (unpaired) electrons. The van der Waals surface area contributed by atoms with Gasteiger partial charge in [0, 0.05) is 6.04 Å². The summed E-state index contributed by atoms with van der Waals surface area (Å²) in [5, 5.41) is 0. The van der Waals surface area contributed by atoms with Crippen molar-refractivity contribution in [2.24, 2.45) is 17.1 Å². The largest absolute Gasteiger partial charge is 0.327 e. The van der Waals surface area contributed by atoms with Crippen molar-refractivity contribution in [3.63, 3.8) is 0 Å². The summed E-state index contributed by atoms with van der Waals surface area (Å²) in [7, 11) is 0. The summed E-state index contributed by atoms with van der Waals surface area (Å²) in [5.74, 6) is 0.719. The Morgan fingerprint density at radius 1 is 1.50 bits per heavy atom. The molecule has 0 aliphatic heterocycles. The third-order valence-electron chi connectivity index (χ3n) is 3.81. The fraction of sp³-hybridized carbons (Fsp3) is 0.846. The van der Waals surface area contributed by atoms with Gasteiger partial charge in [0.05, 0.1) is 0 Å². The maximum atomic E-state index is 6.26. The van der Waals surface area contributed by atoms with Crippen LogP contribution in [0.4, 0.5) is 0 Å². The lowest BCUT2D eigenvalue weighted by atomic mass is 9.65. The molecule has 2 unspecified atom stereocenters. The van der Waals surface area contributed by atoms with Crippen LogP contribution < -0.4 is 5.73 Å². The molecule has 1 fully saturated rings. The van der Waals surface area contributed by atoms with Gasteiger partial charge in [0.25, 0.3) is 0 Å². The van der Waals surface area contributed by atoms with Crippen LogP contribution in [0.5, 0.6) is 0 Å². The highest BCUT2D eigenvalue weighted by Crippen LogP contribution is 2.42. The molecule has 0 spiro atoms. The third-order valence-corrected chi connectivity index (χ3v) is 3.81. The lowest BCUT2D eigenvalue weighted by Crippen LogP contribution is -2.41. The van der Waals surface area contributed by atoms with Crippen molar-refractivity contribution in [2.45, 2.75) is 58.4 Å². The van der Waals surface area contributed by atoms with E-state index < -0.39 is 0 Å². The van der Waals surface area contributed by atoms with E-state index in [4.69, 9.17) is 5.73 Å². The summed E-state index contributed by atoms with van der Waals surface area (Å²) in [6, 6.07) is 0.378. The highest BCUT2D eigenvalue weighted by atomic mass is 14.7. The lowest BCUT2D eigenvalue weighted by molar-refractivity contribution is 0.110. The minimum absolute atomic E-state index is 0.378. The molecule has 1 rings (SSSR count). The quantitative estimate of drug-likeness (QED) is 0.683. The maximum absolute atomic E-state index is 6.26. The highest BCUT2D eigenvalue weighted by Gasteiger charge is 2.35. The maximum Gasteiger partial charge on any atom is 0.00752 e. The van der Waals surface area contributed by atoms with Crippen molar-refractivity contribution in [1.82, 2.24) is 0 Å². The van der Waals surface area contributed by atoms with Crippen LogP contribution in [-0.4, -0.2) is 6.04 Å². The first-order valence-electron chi connectivity index (χ1n) is 5.94. The number of rotatable bonds is 4. The molecule has 1 nitrogen and oxygen atoms in total. The summed E-state index contributed by atoms with van der Waals surface area (Å²) < 4.78 is 0. The zero-order valence-electron chi connectivity index (χ0n) is 9.76. The Labute approximate surface area is 88.8 Å². The Bertz CT molecular complexity index is 184. The molecule has 0 aromatic carbocycles. The molecule has 1 heteroatoms. The molecule has 14 heavy (non-hydrogen) atoms. The van der Waals surface area contributed by atoms with Gasteiger partial charge in [0.1, 0.15) is 0 Å². The standard InChI is InChI=1S/C13H25N/c1-4-5-9-12(14)11-8-6-7-10-13(11,2)3/h4,11-12H,1,5-10,14H2,2-3H3. The molecule has 0 heterocycles. The molecule has 0 saturated heterocycles. The van der Waals surface area contributed by atoms with Crippen LogP contribution in [0, 0.1) is 11.3 Å². The number of allylic oxidation sites excluding steroid dienone is 1. The van der Waals surface area contributed by atoms with E-state index >= 15 is 0 Å². The zero-order chi connectivity index (χ0) is 10.6. The molecule has 1 saturated carbocycles. The predicted molar refractivity (Wildman–Crippen MR) is 63.1 cm³/mol. The molecule has 0 aromatic rings. The Balaban J connectivity index is 2.50. The lowest BCUT2D eigenvalue weighted by Gasteiger charge is -2.42. The molecule has 0 amide bonds. The van der Waals surface area contributed by atoms with Gasteiger partial charge in [-0.05, 0) is 37.0 Å². The van der Waals surface area contributed by atoms with Crippen molar-refractivity contribution in [3.05, 3.63) is 12.7 Å². The zero-order valence-corrected chi connectivity index (χ0v) is 9.76. The third kappa shape index (κ3) is 2.84. The topological polar surface area (TPSA) is 26.0 Å². The minimum atomic E-state index is 0.378. The van der Waals surface area contributed by atoms with Crippen LogP contribution in [-0.2, 0) is 0 Å². The molecule has 0 aromatic heterocycles. The summed E-state index contributed by atoms with van der Waals surface area (Å²) >= 11 is 0. The van der Waals surface area contributed by atoms with E-state index in [1.807, 2.05) is 6.08 Å². The second-order valence-corrected chi connectivity index (χ2v) is 5.37.